The molecule has 2 heterocycles. The first-order valence-electron chi connectivity index (χ1n) is 7.96. The molecule has 2 N–H and O–H groups in total. The van der Waals surface area contributed by atoms with Gasteiger partial charge in [0.05, 0.1) is 16.7 Å². The van der Waals surface area contributed by atoms with Crippen LogP contribution < -0.4 is 5.32 Å². The van der Waals surface area contributed by atoms with Gasteiger partial charge in [0.15, 0.2) is 5.69 Å². The van der Waals surface area contributed by atoms with Gasteiger partial charge in [-0.2, -0.15) is 10.2 Å². The Labute approximate surface area is 154 Å². The molecule has 0 saturated carbocycles. The minimum atomic E-state index is -0.207. The molecule has 0 unspecified atom stereocenters. The number of aromatic amines is 1. The maximum absolute atomic E-state index is 12.3. The predicted octanol–water partition coefficient (Wildman–Crippen LogP) is 2.87. The molecule has 0 aliphatic rings. The summed E-state index contributed by atoms with van der Waals surface area (Å²) >= 11 is 3.45. The second-order valence-corrected chi connectivity index (χ2v) is 6.84. The van der Waals surface area contributed by atoms with E-state index in [0.717, 1.165) is 21.3 Å². The number of benzene rings is 1. The normalized spacial score (nSPS) is 11.0. The predicted molar refractivity (Wildman–Crippen MR) is 97.1 cm³/mol. The van der Waals surface area contributed by atoms with Crippen LogP contribution >= 0.6 is 15.9 Å². The molecule has 0 aliphatic carbocycles. The largest absolute Gasteiger partial charge is 0.347 e. The molecule has 0 bridgehead atoms. The number of nitrogens with zero attached hydrogens (tertiary/aromatic N) is 4. The van der Waals surface area contributed by atoms with E-state index in [1.165, 1.54) is 6.33 Å². The van der Waals surface area contributed by atoms with Crippen LogP contribution in [0.25, 0.3) is 0 Å². The zero-order valence-corrected chi connectivity index (χ0v) is 15.6. The molecule has 2 aromatic heterocycles. The number of halogens is 1. The van der Waals surface area contributed by atoms with Crippen LogP contribution in [-0.2, 0) is 13.1 Å². The minimum absolute atomic E-state index is 0.207. The lowest BCUT2D eigenvalue weighted by Crippen LogP contribution is -2.23. The number of amides is 1. The zero-order chi connectivity index (χ0) is 17.8. The molecule has 0 atom stereocenters. The summed E-state index contributed by atoms with van der Waals surface area (Å²) in [6, 6.07) is 8.02. The zero-order valence-electron chi connectivity index (χ0n) is 14.0. The number of carbonyl (C=O) groups excluding carboxylic acids is 1. The van der Waals surface area contributed by atoms with Gasteiger partial charge in [0.25, 0.3) is 5.91 Å². The Morgan fingerprint density at radius 1 is 1.28 bits per heavy atom. The van der Waals surface area contributed by atoms with E-state index < -0.39 is 0 Å². The van der Waals surface area contributed by atoms with E-state index >= 15 is 0 Å². The highest BCUT2D eigenvalue weighted by molar-refractivity contribution is 9.10. The van der Waals surface area contributed by atoms with Crippen LogP contribution in [0.15, 0.2) is 41.4 Å². The third kappa shape index (κ3) is 4.14. The summed E-state index contributed by atoms with van der Waals surface area (Å²) in [7, 11) is 0. The molecule has 0 fully saturated rings. The summed E-state index contributed by atoms with van der Waals surface area (Å²) in [6.45, 7) is 5.20. The van der Waals surface area contributed by atoms with Crippen LogP contribution in [0.1, 0.15) is 47.1 Å². The van der Waals surface area contributed by atoms with E-state index in [4.69, 9.17) is 0 Å². The van der Waals surface area contributed by atoms with E-state index in [-0.39, 0.29) is 11.8 Å². The molecule has 0 aliphatic heterocycles. The molecule has 0 spiro atoms. The Kier molecular flexibility index (Phi) is 5.28. The average Bonchev–Trinajstić information content (AvgIpc) is 3.23. The molecule has 1 aromatic carbocycles. The van der Waals surface area contributed by atoms with Crippen molar-refractivity contribution in [3.05, 3.63) is 63.9 Å². The summed E-state index contributed by atoms with van der Waals surface area (Å²) in [5, 5.41) is 14.0. The van der Waals surface area contributed by atoms with Crippen molar-refractivity contribution in [1.29, 1.82) is 0 Å². The van der Waals surface area contributed by atoms with Crippen molar-refractivity contribution in [1.82, 2.24) is 30.3 Å². The number of nitrogens with one attached hydrogen (secondary N) is 2. The highest BCUT2D eigenvalue weighted by atomic mass is 79.9. The summed E-state index contributed by atoms with van der Waals surface area (Å²) in [4.78, 5) is 16.2. The first-order valence-corrected chi connectivity index (χ1v) is 8.76. The van der Waals surface area contributed by atoms with Crippen molar-refractivity contribution < 1.29 is 4.79 Å². The number of hydrogen-bond donors (Lipinski definition) is 2. The maximum atomic E-state index is 12.3. The van der Waals surface area contributed by atoms with Gasteiger partial charge in [-0.15, -0.1) is 0 Å². The molecule has 0 saturated heterocycles. The van der Waals surface area contributed by atoms with Crippen LogP contribution in [0.5, 0.6) is 0 Å². The van der Waals surface area contributed by atoms with Crippen molar-refractivity contribution in [2.75, 3.05) is 0 Å². The van der Waals surface area contributed by atoms with Gasteiger partial charge in [-0.25, -0.2) is 9.67 Å². The number of rotatable bonds is 6. The van der Waals surface area contributed by atoms with Gasteiger partial charge < -0.3 is 5.32 Å². The summed E-state index contributed by atoms with van der Waals surface area (Å²) in [6.07, 6.45) is 3.20. The number of carbonyl (C=O) groups is 1. The van der Waals surface area contributed by atoms with Gasteiger partial charge in [0.1, 0.15) is 12.7 Å². The van der Waals surface area contributed by atoms with Crippen LogP contribution in [0.2, 0.25) is 0 Å². The lowest BCUT2D eigenvalue weighted by atomic mass is 10.1. The Bertz CT molecular complexity index is 839. The average molecular weight is 403 g/mol. The summed E-state index contributed by atoms with van der Waals surface area (Å²) in [5.74, 6) is 0.0580. The molecule has 3 aromatic rings. The highest BCUT2D eigenvalue weighted by Crippen LogP contribution is 2.25. The monoisotopic (exact) mass is 402 g/mol. The second-order valence-electron chi connectivity index (χ2n) is 6.05. The SMILES string of the molecule is CC(C)c1[nH]nc(C(=O)NCc2ccc(Cn3cncn3)cc2)c1Br. The Morgan fingerprint density at radius 3 is 2.60 bits per heavy atom. The van der Waals surface area contributed by atoms with Crippen molar-refractivity contribution >= 4 is 21.8 Å². The minimum Gasteiger partial charge on any atom is -0.347 e. The number of aromatic nitrogens is 5. The fourth-order valence-electron chi connectivity index (χ4n) is 2.40. The van der Waals surface area contributed by atoms with Crippen molar-refractivity contribution in [2.24, 2.45) is 0 Å². The number of hydrogen-bond acceptors (Lipinski definition) is 4. The first kappa shape index (κ1) is 17.3. The summed E-state index contributed by atoms with van der Waals surface area (Å²) in [5.41, 5.74) is 3.44. The van der Waals surface area contributed by atoms with Crippen LogP contribution in [-0.4, -0.2) is 30.9 Å². The van der Waals surface area contributed by atoms with Gasteiger partial charge in [-0.3, -0.25) is 9.89 Å². The molecular formula is C17H19BrN6O. The smallest absolute Gasteiger partial charge is 0.273 e. The molecule has 130 valence electrons. The third-order valence-electron chi connectivity index (χ3n) is 3.81. The fourth-order valence-corrected chi connectivity index (χ4v) is 3.22. The molecule has 1 amide bonds. The topological polar surface area (TPSA) is 88.5 Å². The molecule has 8 heteroatoms. The van der Waals surface area contributed by atoms with Gasteiger partial charge in [0.2, 0.25) is 0 Å². The standard InChI is InChI=1S/C17H19BrN6O/c1-11(2)15-14(18)16(23-22-15)17(25)20-7-12-3-5-13(6-4-12)8-24-10-19-9-21-24/h3-6,9-11H,7-8H2,1-2H3,(H,20,25)(H,22,23). The number of H-pyrrole nitrogens is 1. The van der Waals surface area contributed by atoms with Crippen LogP contribution in [0.3, 0.4) is 0 Å². The van der Waals surface area contributed by atoms with Gasteiger partial charge >= 0.3 is 0 Å². The molecule has 7 nitrogen and oxygen atoms in total. The quantitative estimate of drug-likeness (QED) is 0.663. The molecule has 3 rings (SSSR count). The van der Waals surface area contributed by atoms with Crippen molar-refractivity contribution in [2.45, 2.75) is 32.9 Å². The Hall–Kier alpha value is -2.48. The van der Waals surface area contributed by atoms with Crippen LogP contribution in [0, 0.1) is 0 Å². The first-order chi connectivity index (χ1) is 12.0. The lowest BCUT2D eigenvalue weighted by molar-refractivity contribution is 0.0945. The van der Waals surface area contributed by atoms with E-state index in [1.54, 1.807) is 11.0 Å². The molecule has 25 heavy (non-hydrogen) atoms. The fraction of sp³-hybridized carbons (Fsp3) is 0.294. The van der Waals surface area contributed by atoms with Gasteiger partial charge in [-0.05, 0) is 33.0 Å². The van der Waals surface area contributed by atoms with Crippen molar-refractivity contribution in [3.63, 3.8) is 0 Å². The van der Waals surface area contributed by atoms with E-state index in [9.17, 15) is 4.79 Å². The van der Waals surface area contributed by atoms with E-state index in [2.05, 4.69) is 41.5 Å². The molecular weight excluding hydrogens is 384 g/mol. The molecule has 0 radical (unpaired) electrons. The van der Waals surface area contributed by atoms with Crippen molar-refractivity contribution in [3.8, 4) is 0 Å². The Balaban J connectivity index is 1.59. The van der Waals surface area contributed by atoms with E-state index in [0.29, 0.717) is 18.8 Å². The lowest BCUT2D eigenvalue weighted by Gasteiger charge is -2.06. The summed E-state index contributed by atoms with van der Waals surface area (Å²) < 4.78 is 2.49. The van der Waals surface area contributed by atoms with E-state index in [1.807, 2.05) is 38.1 Å². The highest BCUT2D eigenvalue weighted by Gasteiger charge is 2.18. The third-order valence-corrected chi connectivity index (χ3v) is 4.61. The van der Waals surface area contributed by atoms with Gasteiger partial charge in [0, 0.05) is 6.54 Å². The van der Waals surface area contributed by atoms with Gasteiger partial charge in [-0.1, -0.05) is 38.1 Å². The second kappa shape index (κ2) is 7.60. The maximum Gasteiger partial charge on any atom is 0.273 e. The van der Waals surface area contributed by atoms with Crippen LogP contribution in [0.4, 0.5) is 0 Å². The Morgan fingerprint density at radius 2 is 2.00 bits per heavy atom.